The molecule has 4 aromatic rings. The number of benzene rings is 2. The van der Waals surface area contributed by atoms with Crippen molar-refractivity contribution in [3.8, 4) is 22.5 Å². The molecule has 2 heterocycles. The Kier molecular flexibility index (Phi) is 6.26. The molecule has 0 spiro atoms. The summed E-state index contributed by atoms with van der Waals surface area (Å²) in [5, 5.41) is 10.3. The summed E-state index contributed by atoms with van der Waals surface area (Å²) in [6.45, 7) is 0. The Labute approximate surface area is 181 Å². The highest BCUT2D eigenvalue weighted by atomic mass is 32.1. The highest BCUT2D eigenvalue weighted by molar-refractivity contribution is 7.14. The van der Waals surface area contributed by atoms with Gasteiger partial charge < -0.3 is 10.6 Å². The SMILES string of the molecule is O=C(CCC(=O)Nc1nc(-c2ccccc2)cs1)Nc1nc(-c2ccccc2)cs1. The molecule has 30 heavy (non-hydrogen) atoms. The lowest BCUT2D eigenvalue weighted by Gasteiger charge is -2.02. The van der Waals surface area contributed by atoms with E-state index in [4.69, 9.17) is 0 Å². The van der Waals surface area contributed by atoms with Gasteiger partial charge >= 0.3 is 0 Å². The van der Waals surface area contributed by atoms with Crippen LogP contribution < -0.4 is 10.6 Å². The van der Waals surface area contributed by atoms with Crippen molar-refractivity contribution in [3.63, 3.8) is 0 Å². The highest BCUT2D eigenvalue weighted by Gasteiger charge is 2.12. The molecule has 0 atom stereocenters. The predicted molar refractivity (Wildman–Crippen MR) is 122 cm³/mol. The Balaban J connectivity index is 1.26. The monoisotopic (exact) mass is 434 g/mol. The van der Waals surface area contributed by atoms with Crippen LogP contribution in [0.2, 0.25) is 0 Å². The van der Waals surface area contributed by atoms with Crippen LogP contribution in [0.1, 0.15) is 12.8 Å². The van der Waals surface area contributed by atoms with Gasteiger partial charge in [-0.1, -0.05) is 60.7 Å². The van der Waals surface area contributed by atoms with Crippen molar-refractivity contribution in [2.45, 2.75) is 12.8 Å². The van der Waals surface area contributed by atoms with Gasteiger partial charge in [-0.2, -0.15) is 0 Å². The first-order valence-electron chi connectivity index (χ1n) is 9.29. The molecule has 0 radical (unpaired) electrons. The molecule has 0 aliphatic rings. The van der Waals surface area contributed by atoms with Crippen LogP contribution in [0.4, 0.5) is 10.3 Å². The Morgan fingerprint density at radius 1 is 0.667 bits per heavy atom. The first-order chi connectivity index (χ1) is 14.7. The van der Waals surface area contributed by atoms with Gasteiger partial charge in [-0.3, -0.25) is 9.59 Å². The maximum atomic E-state index is 12.2. The number of carbonyl (C=O) groups excluding carboxylic acids is 2. The van der Waals surface area contributed by atoms with Crippen LogP contribution in [0.5, 0.6) is 0 Å². The number of thiazole rings is 2. The Hall–Kier alpha value is -3.36. The summed E-state index contributed by atoms with van der Waals surface area (Å²) in [7, 11) is 0. The lowest BCUT2D eigenvalue weighted by molar-refractivity contribution is -0.121. The fraction of sp³-hybridized carbons (Fsp3) is 0.0909. The zero-order valence-corrected chi connectivity index (χ0v) is 17.5. The summed E-state index contributed by atoms with van der Waals surface area (Å²) in [6.07, 6.45) is 0.145. The van der Waals surface area contributed by atoms with E-state index in [1.54, 1.807) is 0 Å². The number of carbonyl (C=O) groups is 2. The third-order valence-electron chi connectivity index (χ3n) is 4.22. The minimum atomic E-state index is -0.247. The van der Waals surface area contributed by atoms with E-state index in [0.29, 0.717) is 10.3 Å². The molecule has 8 heteroatoms. The van der Waals surface area contributed by atoms with Crippen molar-refractivity contribution in [2.24, 2.45) is 0 Å². The van der Waals surface area contributed by atoms with Gasteiger partial charge in [-0.25, -0.2) is 9.97 Å². The average molecular weight is 435 g/mol. The number of aromatic nitrogens is 2. The number of nitrogens with one attached hydrogen (secondary N) is 2. The van der Waals surface area contributed by atoms with Gasteiger partial charge in [0.15, 0.2) is 10.3 Å². The number of amides is 2. The molecule has 0 fully saturated rings. The minimum Gasteiger partial charge on any atom is -0.302 e. The first kappa shape index (κ1) is 19.9. The third kappa shape index (κ3) is 5.16. The van der Waals surface area contributed by atoms with Crippen LogP contribution in [0.15, 0.2) is 71.4 Å². The summed E-state index contributed by atoms with van der Waals surface area (Å²) < 4.78 is 0. The number of hydrogen-bond acceptors (Lipinski definition) is 6. The second-order valence-corrected chi connectivity index (χ2v) is 8.12. The van der Waals surface area contributed by atoms with Gasteiger partial charge in [0.1, 0.15) is 0 Å². The zero-order chi connectivity index (χ0) is 20.8. The number of hydrogen-bond donors (Lipinski definition) is 2. The van der Waals surface area contributed by atoms with E-state index in [1.165, 1.54) is 22.7 Å². The second-order valence-electron chi connectivity index (χ2n) is 6.40. The Morgan fingerprint density at radius 2 is 1.07 bits per heavy atom. The number of rotatable bonds is 7. The Morgan fingerprint density at radius 3 is 1.47 bits per heavy atom. The van der Waals surface area contributed by atoms with Gasteiger partial charge in [0, 0.05) is 34.7 Å². The van der Waals surface area contributed by atoms with Crippen molar-refractivity contribution in [2.75, 3.05) is 10.6 Å². The van der Waals surface area contributed by atoms with Crippen molar-refractivity contribution in [1.82, 2.24) is 9.97 Å². The van der Waals surface area contributed by atoms with Gasteiger partial charge in [0.25, 0.3) is 0 Å². The largest absolute Gasteiger partial charge is 0.302 e. The molecule has 0 unspecified atom stereocenters. The van der Waals surface area contributed by atoms with E-state index in [0.717, 1.165) is 22.5 Å². The Bertz CT molecular complexity index is 1050. The van der Waals surface area contributed by atoms with E-state index in [2.05, 4.69) is 20.6 Å². The van der Waals surface area contributed by atoms with Crippen LogP contribution in [0.3, 0.4) is 0 Å². The minimum absolute atomic E-state index is 0.0724. The third-order valence-corrected chi connectivity index (χ3v) is 5.73. The van der Waals surface area contributed by atoms with Crippen LogP contribution in [0, 0.1) is 0 Å². The lowest BCUT2D eigenvalue weighted by atomic mass is 10.2. The summed E-state index contributed by atoms with van der Waals surface area (Å²) in [6, 6.07) is 19.5. The normalized spacial score (nSPS) is 10.5. The molecule has 150 valence electrons. The summed E-state index contributed by atoms with van der Waals surface area (Å²) in [5.74, 6) is -0.494. The van der Waals surface area contributed by atoms with Gasteiger partial charge in [-0.05, 0) is 0 Å². The number of anilines is 2. The molecule has 0 aliphatic heterocycles. The molecule has 0 saturated carbocycles. The van der Waals surface area contributed by atoms with Crippen molar-refractivity contribution in [3.05, 3.63) is 71.4 Å². The van der Waals surface area contributed by atoms with Crippen LogP contribution in [-0.2, 0) is 9.59 Å². The molecule has 2 aromatic heterocycles. The standard InChI is InChI=1S/C22H18N4O2S2/c27-19(25-21-23-17(13-29-21)15-7-3-1-4-8-15)11-12-20(28)26-22-24-18(14-30-22)16-9-5-2-6-10-16/h1-10,13-14H,11-12H2,(H,23,25,27)(H,24,26,28). The molecule has 2 N–H and O–H groups in total. The maximum Gasteiger partial charge on any atom is 0.226 e. The summed E-state index contributed by atoms with van der Waals surface area (Å²) >= 11 is 2.72. The second kappa shape index (κ2) is 9.43. The van der Waals surface area contributed by atoms with Crippen LogP contribution in [-0.4, -0.2) is 21.8 Å². The fourth-order valence-corrected chi connectivity index (χ4v) is 4.21. The van der Waals surface area contributed by atoms with Gasteiger partial charge in [0.05, 0.1) is 11.4 Å². The van der Waals surface area contributed by atoms with Gasteiger partial charge in [0.2, 0.25) is 11.8 Å². The van der Waals surface area contributed by atoms with Crippen LogP contribution in [0.25, 0.3) is 22.5 Å². The molecular formula is C22H18N4O2S2. The highest BCUT2D eigenvalue weighted by Crippen LogP contribution is 2.26. The molecule has 4 rings (SSSR count). The smallest absolute Gasteiger partial charge is 0.226 e. The molecule has 6 nitrogen and oxygen atoms in total. The van der Waals surface area contributed by atoms with E-state index >= 15 is 0 Å². The molecule has 0 aliphatic carbocycles. The molecule has 0 bridgehead atoms. The number of nitrogens with zero attached hydrogens (tertiary/aromatic N) is 2. The van der Waals surface area contributed by atoms with Crippen molar-refractivity contribution >= 4 is 44.8 Å². The van der Waals surface area contributed by atoms with Crippen LogP contribution >= 0.6 is 22.7 Å². The zero-order valence-electron chi connectivity index (χ0n) is 15.9. The molecule has 2 aromatic carbocycles. The van der Waals surface area contributed by atoms with E-state index in [1.807, 2.05) is 71.4 Å². The summed E-state index contributed by atoms with van der Waals surface area (Å²) in [5.41, 5.74) is 3.61. The van der Waals surface area contributed by atoms with Crippen molar-refractivity contribution < 1.29 is 9.59 Å². The fourth-order valence-electron chi connectivity index (χ4n) is 2.74. The first-order valence-corrected chi connectivity index (χ1v) is 11.0. The topological polar surface area (TPSA) is 84.0 Å². The molecule has 2 amide bonds. The average Bonchev–Trinajstić information content (AvgIpc) is 3.43. The molecular weight excluding hydrogens is 416 g/mol. The van der Waals surface area contributed by atoms with Crippen molar-refractivity contribution in [1.29, 1.82) is 0 Å². The predicted octanol–water partition coefficient (Wildman–Crippen LogP) is 5.29. The van der Waals surface area contributed by atoms with E-state index < -0.39 is 0 Å². The molecule has 0 saturated heterocycles. The summed E-state index contributed by atoms with van der Waals surface area (Å²) in [4.78, 5) is 33.2. The van der Waals surface area contributed by atoms with E-state index in [-0.39, 0.29) is 24.7 Å². The quantitative estimate of drug-likeness (QED) is 0.414. The van der Waals surface area contributed by atoms with Gasteiger partial charge in [-0.15, -0.1) is 22.7 Å². The lowest BCUT2D eigenvalue weighted by Crippen LogP contribution is -2.17. The van der Waals surface area contributed by atoms with E-state index in [9.17, 15) is 9.59 Å². The maximum absolute atomic E-state index is 12.2.